The van der Waals surface area contributed by atoms with Gasteiger partial charge in [0.2, 0.25) is 5.91 Å². The van der Waals surface area contributed by atoms with Crippen molar-refractivity contribution >= 4 is 40.8 Å². The number of benzene rings is 1. The molecule has 0 aliphatic carbocycles. The standard InChI is InChI=1S/C10H13N5OS/c1-6(16)14-9-3-2-7(4-8(9)11)5-13-15-10(12)17/h2-5H,11H2,1H3,(H,14,16)(H3,12,15,17)/b13-5+. The summed E-state index contributed by atoms with van der Waals surface area (Å²) >= 11 is 4.59. The van der Waals surface area contributed by atoms with Crippen LogP contribution in [0.15, 0.2) is 23.3 Å². The second-order valence-corrected chi connectivity index (χ2v) is 3.70. The Kier molecular flexibility index (Phi) is 4.41. The topological polar surface area (TPSA) is 106 Å². The number of hydrogen-bond donors (Lipinski definition) is 4. The number of nitrogens with one attached hydrogen (secondary N) is 2. The van der Waals surface area contributed by atoms with Crippen molar-refractivity contribution in [1.82, 2.24) is 5.43 Å². The predicted molar refractivity (Wildman–Crippen MR) is 72.7 cm³/mol. The number of nitrogens with zero attached hydrogens (tertiary/aromatic N) is 1. The van der Waals surface area contributed by atoms with Gasteiger partial charge < -0.3 is 16.8 Å². The van der Waals surface area contributed by atoms with Gasteiger partial charge in [0.05, 0.1) is 17.6 Å². The van der Waals surface area contributed by atoms with E-state index in [0.717, 1.165) is 5.56 Å². The van der Waals surface area contributed by atoms with E-state index in [1.54, 1.807) is 18.2 Å². The Labute approximate surface area is 104 Å². The molecule has 90 valence electrons. The van der Waals surface area contributed by atoms with E-state index in [1.165, 1.54) is 13.1 Å². The number of amides is 1. The van der Waals surface area contributed by atoms with Crippen LogP contribution in [-0.2, 0) is 4.79 Å². The lowest BCUT2D eigenvalue weighted by Gasteiger charge is -2.06. The zero-order valence-electron chi connectivity index (χ0n) is 9.23. The molecule has 0 saturated carbocycles. The molecule has 0 aliphatic heterocycles. The quantitative estimate of drug-likeness (QED) is 0.269. The first-order valence-electron chi connectivity index (χ1n) is 4.74. The number of carbonyl (C=O) groups excluding carboxylic acids is 1. The van der Waals surface area contributed by atoms with E-state index in [-0.39, 0.29) is 11.0 Å². The molecule has 0 spiro atoms. The van der Waals surface area contributed by atoms with Crippen molar-refractivity contribution in [2.45, 2.75) is 6.92 Å². The average molecular weight is 251 g/mol. The molecular formula is C10H13N5OS. The molecule has 0 fully saturated rings. The molecule has 0 unspecified atom stereocenters. The van der Waals surface area contributed by atoms with Gasteiger partial charge in [-0.3, -0.25) is 10.2 Å². The smallest absolute Gasteiger partial charge is 0.221 e. The largest absolute Gasteiger partial charge is 0.397 e. The highest BCUT2D eigenvalue weighted by Crippen LogP contribution is 2.18. The van der Waals surface area contributed by atoms with Gasteiger partial charge in [-0.2, -0.15) is 5.10 Å². The van der Waals surface area contributed by atoms with Crippen molar-refractivity contribution in [3.63, 3.8) is 0 Å². The number of rotatable bonds is 3. The lowest BCUT2D eigenvalue weighted by molar-refractivity contribution is -0.114. The monoisotopic (exact) mass is 251 g/mol. The van der Waals surface area contributed by atoms with E-state index in [4.69, 9.17) is 11.5 Å². The molecule has 0 heterocycles. The molecule has 0 aliphatic rings. The van der Waals surface area contributed by atoms with Crippen LogP contribution in [-0.4, -0.2) is 17.2 Å². The SMILES string of the molecule is CC(=O)Nc1ccc(/C=N/NC(N)=S)cc1N. The Morgan fingerprint density at radius 3 is 2.76 bits per heavy atom. The van der Waals surface area contributed by atoms with Gasteiger partial charge in [-0.15, -0.1) is 0 Å². The summed E-state index contributed by atoms with van der Waals surface area (Å²) in [6.45, 7) is 1.42. The average Bonchev–Trinajstić information content (AvgIpc) is 2.21. The maximum absolute atomic E-state index is 10.9. The van der Waals surface area contributed by atoms with Gasteiger partial charge in [-0.1, -0.05) is 6.07 Å². The molecular weight excluding hydrogens is 238 g/mol. The van der Waals surface area contributed by atoms with Crippen LogP contribution < -0.4 is 22.2 Å². The minimum Gasteiger partial charge on any atom is -0.397 e. The number of nitrogen functional groups attached to an aromatic ring is 1. The van der Waals surface area contributed by atoms with Crippen LogP contribution in [0.2, 0.25) is 0 Å². The molecule has 0 saturated heterocycles. The second kappa shape index (κ2) is 5.80. The summed E-state index contributed by atoms with van der Waals surface area (Å²) < 4.78 is 0. The zero-order valence-corrected chi connectivity index (χ0v) is 10.0. The van der Waals surface area contributed by atoms with Gasteiger partial charge in [-0.25, -0.2) is 0 Å². The second-order valence-electron chi connectivity index (χ2n) is 3.26. The van der Waals surface area contributed by atoms with E-state index in [2.05, 4.69) is 28.1 Å². The highest BCUT2D eigenvalue weighted by atomic mass is 32.1. The Balaban J connectivity index is 2.78. The first-order chi connectivity index (χ1) is 7.99. The number of thiocarbonyl (C=S) groups is 1. The van der Waals surface area contributed by atoms with Crippen molar-refractivity contribution in [1.29, 1.82) is 0 Å². The summed E-state index contributed by atoms with van der Waals surface area (Å²) in [7, 11) is 0. The lowest BCUT2D eigenvalue weighted by atomic mass is 10.2. The van der Waals surface area contributed by atoms with Crippen molar-refractivity contribution in [2.75, 3.05) is 11.1 Å². The van der Waals surface area contributed by atoms with Gasteiger partial charge in [0.1, 0.15) is 0 Å². The molecule has 0 radical (unpaired) electrons. The molecule has 7 heteroatoms. The van der Waals surface area contributed by atoms with Gasteiger partial charge in [0.25, 0.3) is 0 Å². The van der Waals surface area contributed by atoms with Crippen LogP contribution in [0.1, 0.15) is 12.5 Å². The van der Waals surface area contributed by atoms with Gasteiger partial charge >= 0.3 is 0 Å². The van der Waals surface area contributed by atoms with E-state index in [0.29, 0.717) is 11.4 Å². The highest BCUT2D eigenvalue weighted by Gasteiger charge is 2.01. The first kappa shape index (κ1) is 12.9. The maximum Gasteiger partial charge on any atom is 0.221 e. The number of nitrogens with two attached hydrogens (primary N) is 2. The molecule has 17 heavy (non-hydrogen) atoms. The molecule has 1 aromatic rings. The summed E-state index contributed by atoms with van der Waals surface area (Å²) in [6.07, 6.45) is 1.52. The first-order valence-corrected chi connectivity index (χ1v) is 5.15. The third-order valence-electron chi connectivity index (χ3n) is 1.77. The van der Waals surface area contributed by atoms with E-state index in [9.17, 15) is 4.79 Å². The van der Waals surface area contributed by atoms with Crippen LogP contribution in [0.3, 0.4) is 0 Å². The minimum absolute atomic E-state index is 0.0871. The van der Waals surface area contributed by atoms with Gasteiger partial charge in [-0.05, 0) is 29.9 Å². The number of carbonyl (C=O) groups is 1. The minimum atomic E-state index is -0.173. The molecule has 1 aromatic carbocycles. The molecule has 6 N–H and O–H groups in total. The van der Waals surface area contributed by atoms with E-state index < -0.39 is 0 Å². The van der Waals surface area contributed by atoms with Crippen molar-refractivity contribution in [2.24, 2.45) is 10.8 Å². The van der Waals surface area contributed by atoms with Gasteiger partial charge in [0, 0.05) is 6.92 Å². The third kappa shape index (κ3) is 4.47. The van der Waals surface area contributed by atoms with Crippen molar-refractivity contribution < 1.29 is 4.79 Å². The van der Waals surface area contributed by atoms with E-state index in [1.807, 2.05) is 0 Å². The summed E-state index contributed by atoms with van der Waals surface area (Å²) in [5.74, 6) is -0.173. The van der Waals surface area contributed by atoms with Crippen LogP contribution in [0.5, 0.6) is 0 Å². The maximum atomic E-state index is 10.9. The highest BCUT2D eigenvalue weighted by molar-refractivity contribution is 7.80. The van der Waals surface area contributed by atoms with E-state index >= 15 is 0 Å². The van der Waals surface area contributed by atoms with Crippen molar-refractivity contribution in [3.8, 4) is 0 Å². The number of hydrogen-bond acceptors (Lipinski definition) is 4. The summed E-state index contributed by atoms with van der Waals surface area (Å²) in [5, 5.41) is 6.49. The van der Waals surface area contributed by atoms with Crippen LogP contribution >= 0.6 is 12.2 Å². The molecule has 0 atom stereocenters. The fraction of sp³-hybridized carbons (Fsp3) is 0.100. The Morgan fingerprint density at radius 1 is 1.53 bits per heavy atom. The predicted octanol–water partition coefficient (Wildman–Crippen LogP) is 0.394. The summed E-state index contributed by atoms with van der Waals surface area (Å²) in [4.78, 5) is 10.9. The Bertz CT molecular complexity index is 472. The number of hydrazone groups is 1. The fourth-order valence-electron chi connectivity index (χ4n) is 1.14. The third-order valence-corrected chi connectivity index (χ3v) is 1.87. The molecule has 0 aromatic heterocycles. The van der Waals surface area contributed by atoms with Crippen molar-refractivity contribution in [3.05, 3.63) is 23.8 Å². The number of anilines is 2. The lowest BCUT2D eigenvalue weighted by Crippen LogP contribution is -2.24. The fourth-order valence-corrected chi connectivity index (χ4v) is 1.19. The summed E-state index contributed by atoms with van der Waals surface area (Å²) in [5.41, 5.74) is 15.2. The van der Waals surface area contributed by atoms with Crippen LogP contribution in [0.4, 0.5) is 11.4 Å². The molecule has 6 nitrogen and oxygen atoms in total. The Hall–Kier alpha value is -2.15. The van der Waals surface area contributed by atoms with Gasteiger partial charge in [0.15, 0.2) is 5.11 Å². The van der Waals surface area contributed by atoms with Crippen LogP contribution in [0.25, 0.3) is 0 Å². The summed E-state index contributed by atoms with van der Waals surface area (Å²) in [6, 6.07) is 5.13. The molecule has 1 amide bonds. The van der Waals surface area contributed by atoms with Crippen LogP contribution in [0, 0.1) is 0 Å². The zero-order chi connectivity index (χ0) is 12.8. The molecule has 0 bridgehead atoms. The normalized spacial score (nSPS) is 10.2. The molecule has 1 rings (SSSR count). The Morgan fingerprint density at radius 2 is 2.24 bits per heavy atom.